The zero-order chi connectivity index (χ0) is 88.9. The van der Waals surface area contributed by atoms with Crippen molar-refractivity contribution in [2.45, 2.75) is 257 Å². The van der Waals surface area contributed by atoms with Crippen molar-refractivity contribution >= 4 is 82.0 Å². The van der Waals surface area contributed by atoms with Crippen molar-refractivity contribution in [1.29, 1.82) is 0 Å². The highest BCUT2D eigenvalue weighted by atomic mass is 32.2. The number of para-hydroxylation sites is 1. The lowest BCUT2D eigenvalue weighted by Crippen LogP contribution is -2.48. The summed E-state index contributed by atoms with van der Waals surface area (Å²) in [6.45, 7) is 47.1. The van der Waals surface area contributed by atoms with Gasteiger partial charge in [-0.3, -0.25) is 33.6 Å². The molecule has 2 aliphatic carbocycles. The van der Waals surface area contributed by atoms with Gasteiger partial charge in [-0.25, -0.2) is 12.8 Å². The maximum absolute atomic E-state index is 12.9. The Kier molecular flexibility index (Phi) is 32.8. The Morgan fingerprint density at radius 2 is 1.06 bits per heavy atom. The molecule has 660 valence electrons. The van der Waals surface area contributed by atoms with Gasteiger partial charge in [0.2, 0.25) is 21.5 Å². The van der Waals surface area contributed by atoms with E-state index in [0.29, 0.717) is 70.9 Å². The first-order valence-corrected chi connectivity index (χ1v) is 45.5. The highest BCUT2D eigenvalue weighted by Gasteiger charge is 2.37. The van der Waals surface area contributed by atoms with E-state index in [0.717, 1.165) is 86.1 Å². The first-order chi connectivity index (χ1) is 57.8. The van der Waals surface area contributed by atoms with Gasteiger partial charge in [0.25, 0.3) is 5.56 Å². The molecule has 3 unspecified atom stereocenters. The van der Waals surface area contributed by atoms with Crippen LogP contribution in [0.3, 0.4) is 0 Å². The fraction of sp³-hybridized carbons (Fsp3) is 0.426. The van der Waals surface area contributed by atoms with Gasteiger partial charge in [0.05, 0.1) is 35.1 Å². The van der Waals surface area contributed by atoms with E-state index in [4.69, 9.17) is 0 Å². The minimum Gasteiger partial charge on any atom is -0.508 e. The maximum atomic E-state index is 12.9. The molecule has 22 heteroatoms. The van der Waals surface area contributed by atoms with Crippen molar-refractivity contribution in [1.82, 2.24) is 59.7 Å². The number of carbonyl (C=O) groups excluding carboxylic acids is 1. The van der Waals surface area contributed by atoms with Crippen LogP contribution in [0.1, 0.15) is 272 Å². The van der Waals surface area contributed by atoms with Gasteiger partial charge in [-0.15, -0.1) is 0 Å². The summed E-state index contributed by atoms with van der Waals surface area (Å²) in [5.41, 5.74) is 26.1. The Morgan fingerprint density at radius 1 is 0.561 bits per heavy atom. The average Bonchev–Trinajstić information content (AvgIpc) is 1.68. The number of carbonyl (C=O) groups is 1. The van der Waals surface area contributed by atoms with Crippen molar-refractivity contribution in [2.24, 2.45) is 11.8 Å². The van der Waals surface area contributed by atoms with Gasteiger partial charge in [-0.1, -0.05) is 147 Å². The zero-order valence-electron chi connectivity index (χ0n) is 75.9. The number of aryl methyl sites for hydroxylation is 2. The summed E-state index contributed by atoms with van der Waals surface area (Å²) in [5.74, 6) is 4.16. The molecular formula is C101H137FN14O6S. The number of H-pyrrole nitrogens is 7. The number of benzene rings is 5. The lowest BCUT2D eigenvalue weighted by molar-refractivity contribution is -0.127. The van der Waals surface area contributed by atoms with Crippen molar-refractivity contribution < 1.29 is 22.7 Å². The molecule has 0 spiro atoms. The predicted molar refractivity (Wildman–Crippen MR) is 513 cm³/mol. The van der Waals surface area contributed by atoms with Crippen LogP contribution in [0, 0.1) is 31.5 Å². The summed E-state index contributed by atoms with van der Waals surface area (Å²) in [6, 6.07) is 35.4. The van der Waals surface area contributed by atoms with Gasteiger partial charge in [-0.05, 0) is 264 Å². The van der Waals surface area contributed by atoms with E-state index < -0.39 is 10.0 Å². The number of phenolic OH excluding ortho intramolecular Hbond substituents is 1. The van der Waals surface area contributed by atoms with Gasteiger partial charge in [0.1, 0.15) is 11.6 Å². The number of anilines is 2. The minimum absolute atomic E-state index is 0. The molecule has 5 aromatic carbocycles. The van der Waals surface area contributed by atoms with E-state index in [9.17, 15) is 32.3 Å². The summed E-state index contributed by atoms with van der Waals surface area (Å²) in [7, 11) is -1.35. The fourth-order valence-corrected chi connectivity index (χ4v) is 17.5. The molecular weight excluding hydrogens is 1560 g/mol. The number of halogens is 1. The van der Waals surface area contributed by atoms with Crippen LogP contribution < -0.4 is 26.5 Å². The summed E-state index contributed by atoms with van der Waals surface area (Å²) >= 11 is 0. The van der Waals surface area contributed by atoms with Crippen molar-refractivity contribution in [3.63, 3.8) is 0 Å². The second-order valence-corrected chi connectivity index (χ2v) is 37.5. The van der Waals surface area contributed by atoms with Crippen LogP contribution in [0.25, 0.3) is 54.6 Å². The normalized spacial score (nSPS) is 15.5. The third kappa shape index (κ3) is 23.8. The molecule has 0 saturated carbocycles. The molecule has 8 aromatic heterocycles. The van der Waals surface area contributed by atoms with Crippen LogP contribution in [0.15, 0.2) is 186 Å². The second kappa shape index (κ2) is 42.2. The number of likely N-dealkylation sites (N-methyl/N-ethyl adjacent to an activating group) is 1. The monoisotopic (exact) mass is 1690 g/mol. The Bertz CT molecular complexity index is 5840. The predicted octanol–water partition coefficient (Wildman–Crippen LogP) is 23.9. The average molecular weight is 1690 g/mol. The molecule has 0 saturated heterocycles. The van der Waals surface area contributed by atoms with E-state index >= 15 is 0 Å². The highest BCUT2D eigenvalue weighted by Crippen LogP contribution is 2.42. The second-order valence-electron chi connectivity index (χ2n) is 35.7. The number of rotatable bonds is 11. The summed E-state index contributed by atoms with van der Waals surface area (Å²) in [4.78, 5) is 54.7. The number of amides is 1. The number of pyridine rings is 1. The SMILES string of the molecule is C.C=C1Nc2ccccc2C1C(C)C.CC(C)C1=CNC2C=CC(=O)N(C)C12.CC(C)c1c[nH]c2ccc(=O)[nH]c12.CC(C)c1c[nH]c2ccc(F)cc12.CC(C)c1c[nH]c2ccc(NS(C)(=O)=O)cc12.CC(C)c1c[nH]c2ccc(O)cc12.CC(C)n1[nH]c(=O)c2c1CCCC2.Cc1ccc2[nH]cc(C(C)C)c2c1.Cc1nn(C(C)C)c2c1CCCC2. The molecule has 0 radical (unpaired) electrons. The van der Waals surface area contributed by atoms with Crippen molar-refractivity contribution in [3.8, 4) is 5.75 Å². The fourth-order valence-electron chi connectivity index (χ4n) is 16.9. The quantitative estimate of drug-likeness (QED) is 0.0587. The lowest BCUT2D eigenvalue weighted by Gasteiger charge is -2.33. The van der Waals surface area contributed by atoms with E-state index in [2.05, 4.69) is 260 Å². The van der Waals surface area contributed by atoms with Gasteiger partial charge in [-0.2, -0.15) is 5.10 Å². The number of sulfonamides is 1. The van der Waals surface area contributed by atoms with E-state index in [1.165, 1.54) is 122 Å². The first kappa shape index (κ1) is 95.6. The number of hydrogen-bond acceptors (Lipinski definition) is 9. The topological polar surface area (TPSA) is 278 Å². The third-order valence-corrected chi connectivity index (χ3v) is 23.8. The van der Waals surface area contributed by atoms with Gasteiger partial charge in [0, 0.05) is 146 Å². The molecule has 11 heterocycles. The largest absolute Gasteiger partial charge is 0.508 e. The third-order valence-electron chi connectivity index (χ3n) is 23.2. The number of allylic oxidation sites excluding steroid dienone is 1. The Labute approximate surface area is 728 Å². The van der Waals surface area contributed by atoms with Gasteiger partial charge >= 0.3 is 0 Å². The summed E-state index contributed by atoms with van der Waals surface area (Å²) in [5, 5.41) is 28.0. The molecule has 3 aliphatic heterocycles. The summed E-state index contributed by atoms with van der Waals surface area (Å²) < 4.78 is 42.0. The molecule has 11 N–H and O–H groups in total. The number of aromatic nitrogens is 10. The Morgan fingerprint density at radius 3 is 1.61 bits per heavy atom. The minimum atomic E-state index is -3.22. The molecule has 0 fully saturated rings. The summed E-state index contributed by atoms with van der Waals surface area (Å²) in [6.07, 6.45) is 26.4. The van der Waals surface area contributed by atoms with Crippen LogP contribution >= 0.6 is 0 Å². The number of aromatic hydroxyl groups is 1. The van der Waals surface area contributed by atoms with Gasteiger partial charge in [0.15, 0.2) is 0 Å². The Balaban J connectivity index is 0.000000157. The van der Waals surface area contributed by atoms with Crippen LogP contribution in [0.4, 0.5) is 15.8 Å². The molecule has 13 aromatic rings. The first-order valence-electron chi connectivity index (χ1n) is 43.6. The molecule has 1 amide bonds. The standard InChI is InChI=1S/C12H16N2O2S.2C12H15N.C11H12FN.C11H16N2O.C11H18N2.C11H13NO.C10H12N2O.C10H16N2O.CH4/c1-8(2)11-7-13-12-5-4-9(6-10(11)12)14-17(3,15)16;1-8(2)11-7-13-12-5-4-9(3)6-10(11)12;1-8(2)12-9(3)13-11-7-5-4-6-10(11)12;1-7(2)10-6-13-11-4-3-8(12)5-9(10)11;1-7(2)8-6-12-9-4-5-10(14)13(3)11(8)9;1-8(2)13-11-7-5-4-6-10(11)9(3)12-13;1-7(2)10-6-12-11-4-3-8(13)5-9(10)11;1-6(2)7-5-11-8-3-4-9(13)12-10(7)8;1-7(2)12-9-6-4-3-5-8(9)10(13)11-12;/h4-8,13-14H,1-3H3;4-8,13H,1-3H3;4-8,12-13H,3H2,1-2H3;3-7,13H,1-2H3;4-7,9,11-12H,1-3H3;8H,4-7H2,1-3H3;3-7,12-13H,1-2H3;3-6,11H,1-2H3,(H,12,13);7H,3-6H2,1-2H3,(H,11,13);1H4. The smallest absolute Gasteiger partial charge is 0.267 e. The van der Waals surface area contributed by atoms with E-state index in [1.807, 2.05) is 65.7 Å². The van der Waals surface area contributed by atoms with Gasteiger partial charge < -0.3 is 50.5 Å². The number of aromatic amines is 7. The lowest BCUT2D eigenvalue weighted by atomic mass is 9.88. The van der Waals surface area contributed by atoms with Crippen LogP contribution in [0.5, 0.6) is 5.75 Å². The van der Waals surface area contributed by atoms with Crippen LogP contribution in [-0.4, -0.2) is 99.2 Å². The number of hydrogen-bond donors (Lipinski definition) is 11. The van der Waals surface area contributed by atoms with E-state index in [-0.39, 0.29) is 42.4 Å². The molecule has 5 aliphatic rings. The molecule has 20 nitrogen and oxygen atoms in total. The highest BCUT2D eigenvalue weighted by molar-refractivity contribution is 7.92. The number of fused-ring (bicyclic) bond motifs is 9. The molecule has 123 heavy (non-hydrogen) atoms. The van der Waals surface area contributed by atoms with Crippen molar-refractivity contribution in [2.75, 3.05) is 23.3 Å². The van der Waals surface area contributed by atoms with Crippen molar-refractivity contribution in [3.05, 3.63) is 270 Å². The van der Waals surface area contributed by atoms with Crippen LogP contribution in [-0.2, 0) is 40.5 Å². The molecule has 18 rings (SSSR count). The maximum Gasteiger partial charge on any atom is 0.267 e. The van der Waals surface area contributed by atoms with Crippen LogP contribution in [0.2, 0.25) is 0 Å². The van der Waals surface area contributed by atoms with E-state index in [1.54, 1.807) is 42.5 Å². The number of phenols is 1. The Hall–Kier alpha value is -11.3. The number of nitrogens with one attached hydrogen (secondary N) is 10. The number of nitrogens with zero attached hydrogens (tertiary/aromatic N) is 4. The molecule has 3 atom stereocenters. The zero-order valence-corrected chi connectivity index (χ0v) is 76.7. The molecule has 0 bridgehead atoms.